The maximum absolute atomic E-state index is 13.0. The van der Waals surface area contributed by atoms with Crippen molar-refractivity contribution in [3.63, 3.8) is 0 Å². The average molecular weight is 439 g/mol. The number of pyridine rings is 1. The molecule has 0 radical (unpaired) electrons. The molecule has 160 valence electrons. The number of alkyl halides is 3. The second-order valence-corrected chi connectivity index (χ2v) is 9.79. The van der Waals surface area contributed by atoms with E-state index < -0.39 is 21.6 Å². The fourth-order valence-electron chi connectivity index (χ4n) is 4.22. The topological polar surface area (TPSA) is 70.6 Å². The van der Waals surface area contributed by atoms with Crippen LogP contribution in [0, 0.1) is 11.8 Å². The molecule has 0 N–H and O–H groups in total. The molecule has 2 atom stereocenters. The second kappa shape index (κ2) is 7.26. The summed E-state index contributed by atoms with van der Waals surface area (Å²) >= 11 is 0. The van der Waals surface area contributed by atoms with E-state index in [2.05, 4.69) is 4.98 Å². The van der Waals surface area contributed by atoms with Gasteiger partial charge in [-0.25, -0.2) is 13.4 Å². The Kier molecular flexibility index (Phi) is 5.00. The zero-order chi connectivity index (χ0) is 21.7. The first-order valence-electron chi connectivity index (χ1n) is 9.40. The third kappa shape index (κ3) is 3.88. The lowest BCUT2D eigenvalue weighted by molar-refractivity contribution is -0.137. The van der Waals surface area contributed by atoms with Gasteiger partial charge in [0.25, 0.3) is 5.91 Å². The van der Waals surface area contributed by atoms with Crippen LogP contribution in [0.2, 0.25) is 0 Å². The number of nitrogens with zero attached hydrogens (tertiary/aromatic N) is 3. The number of carbonyl (C=O) groups excluding carboxylic acids is 1. The Labute approximate surface area is 172 Å². The smallest absolute Gasteiger partial charge is 0.356 e. The molecule has 6 nitrogen and oxygen atoms in total. The molecule has 2 aromatic rings. The number of hydrogen-bond acceptors (Lipinski definition) is 5. The average Bonchev–Trinajstić information content (AvgIpc) is 3.25. The number of carbonyl (C=O) groups is 1. The summed E-state index contributed by atoms with van der Waals surface area (Å²) in [7, 11) is -3.53. The van der Waals surface area contributed by atoms with Crippen molar-refractivity contribution in [2.75, 3.05) is 37.3 Å². The zero-order valence-electron chi connectivity index (χ0n) is 16.1. The van der Waals surface area contributed by atoms with Crippen molar-refractivity contribution in [2.24, 2.45) is 11.8 Å². The van der Waals surface area contributed by atoms with Crippen LogP contribution < -0.4 is 4.90 Å². The molecular formula is C20H20F3N3O3S. The number of sulfone groups is 1. The molecule has 2 unspecified atom stereocenters. The molecule has 1 aromatic heterocycles. The van der Waals surface area contributed by atoms with E-state index in [-0.39, 0.29) is 28.2 Å². The molecule has 2 aliphatic rings. The van der Waals surface area contributed by atoms with Crippen LogP contribution in [0.5, 0.6) is 0 Å². The fraction of sp³-hybridized carbons (Fsp3) is 0.400. The highest BCUT2D eigenvalue weighted by atomic mass is 32.2. The molecule has 0 saturated carbocycles. The van der Waals surface area contributed by atoms with Crippen molar-refractivity contribution in [1.82, 2.24) is 9.88 Å². The van der Waals surface area contributed by atoms with Crippen LogP contribution >= 0.6 is 0 Å². The maximum Gasteiger partial charge on any atom is 0.417 e. The van der Waals surface area contributed by atoms with Crippen LogP contribution in [0.1, 0.15) is 15.9 Å². The molecule has 2 saturated heterocycles. The van der Waals surface area contributed by atoms with E-state index in [1.54, 1.807) is 17.0 Å². The summed E-state index contributed by atoms with van der Waals surface area (Å²) in [6, 6.07) is 8.56. The van der Waals surface area contributed by atoms with E-state index in [0.717, 1.165) is 18.5 Å². The second-order valence-electron chi connectivity index (χ2n) is 7.81. The number of aromatic nitrogens is 1. The van der Waals surface area contributed by atoms with Gasteiger partial charge >= 0.3 is 6.18 Å². The standard InChI is InChI=1S/C20H20F3N3O3S/c1-30(28,29)17-5-3-2-4-16(17)19(27)26-11-13-9-25(10-14(13)12-26)18-7-6-15(8-24-18)20(21,22)23/h2-8,13-14H,9-12H2,1H3. The van der Waals surface area contributed by atoms with Gasteiger partial charge in [-0.3, -0.25) is 4.79 Å². The number of hydrogen-bond donors (Lipinski definition) is 0. The van der Waals surface area contributed by atoms with E-state index >= 15 is 0 Å². The quantitative estimate of drug-likeness (QED) is 0.736. The number of benzene rings is 1. The lowest BCUT2D eigenvalue weighted by atomic mass is 10.0. The van der Waals surface area contributed by atoms with Crippen molar-refractivity contribution in [2.45, 2.75) is 11.1 Å². The normalized spacial score (nSPS) is 21.7. The Hall–Kier alpha value is -2.62. The first-order chi connectivity index (χ1) is 14.0. The first-order valence-corrected chi connectivity index (χ1v) is 11.3. The highest BCUT2D eigenvalue weighted by Crippen LogP contribution is 2.35. The predicted molar refractivity (Wildman–Crippen MR) is 104 cm³/mol. The molecule has 1 aromatic carbocycles. The monoisotopic (exact) mass is 439 g/mol. The van der Waals surface area contributed by atoms with E-state index in [1.165, 1.54) is 18.2 Å². The van der Waals surface area contributed by atoms with Crippen molar-refractivity contribution in [3.8, 4) is 0 Å². The summed E-state index contributed by atoms with van der Waals surface area (Å²) in [6.45, 7) is 2.11. The van der Waals surface area contributed by atoms with Gasteiger partial charge in [-0.05, 0) is 24.3 Å². The minimum Gasteiger partial charge on any atom is -0.356 e. The summed E-state index contributed by atoms with van der Waals surface area (Å²) in [5, 5.41) is 0. The van der Waals surface area contributed by atoms with Gasteiger partial charge < -0.3 is 9.80 Å². The third-order valence-corrected chi connectivity index (χ3v) is 6.84. The predicted octanol–water partition coefficient (Wildman–Crippen LogP) is 2.71. The maximum atomic E-state index is 13.0. The molecule has 30 heavy (non-hydrogen) atoms. The molecule has 0 aliphatic carbocycles. The highest BCUT2D eigenvalue weighted by Gasteiger charge is 2.42. The van der Waals surface area contributed by atoms with Gasteiger partial charge in [0.15, 0.2) is 9.84 Å². The lowest BCUT2D eigenvalue weighted by Crippen LogP contribution is -2.34. The van der Waals surface area contributed by atoms with Crippen LogP contribution in [0.25, 0.3) is 0 Å². The molecule has 2 fully saturated rings. The zero-order valence-corrected chi connectivity index (χ0v) is 16.9. The fourth-order valence-corrected chi connectivity index (χ4v) is 5.10. The SMILES string of the molecule is CS(=O)(=O)c1ccccc1C(=O)N1CC2CN(c3ccc(C(F)(F)F)cn3)CC2C1. The molecule has 2 aliphatic heterocycles. The van der Waals surface area contributed by atoms with E-state index in [0.29, 0.717) is 32.0 Å². The third-order valence-electron chi connectivity index (χ3n) is 5.69. The van der Waals surface area contributed by atoms with Gasteiger partial charge in [-0.1, -0.05) is 12.1 Å². The summed E-state index contributed by atoms with van der Waals surface area (Å²) in [6.07, 6.45) is -2.51. The van der Waals surface area contributed by atoms with Crippen molar-refractivity contribution >= 4 is 21.6 Å². The van der Waals surface area contributed by atoms with E-state index in [4.69, 9.17) is 0 Å². The van der Waals surface area contributed by atoms with Crippen molar-refractivity contribution < 1.29 is 26.4 Å². The van der Waals surface area contributed by atoms with Gasteiger partial charge in [-0.15, -0.1) is 0 Å². The number of rotatable bonds is 3. The lowest BCUT2D eigenvalue weighted by Gasteiger charge is -2.23. The Morgan fingerprint density at radius 1 is 1.03 bits per heavy atom. The first kappa shape index (κ1) is 20.6. The number of fused-ring (bicyclic) bond motifs is 1. The van der Waals surface area contributed by atoms with E-state index in [9.17, 15) is 26.4 Å². The molecule has 10 heteroatoms. The Morgan fingerprint density at radius 3 is 2.20 bits per heavy atom. The van der Waals surface area contributed by atoms with Crippen LogP contribution in [0.3, 0.4) is 0 Å². The van der Waals surface area contributed by atoms with Crippen molar-refractivity contribution in [1.29, 1.82) is 0 Å². The molecule has 0 bridgehead atoms. The summed E-state index contributed by atoms with van der Waals surface area (Å²) in [5.74, 6) is 0.481. The number of halogens is 3. The van der Waals surface area contributed by atoms with Gasteiger partial charge in [0.2, 0.25) is 0 Å². The Morgan fingerprint density at radius 2 is 1.67 bits per heavy atom. The van der Waals surface area contributed by atoms with Crippen molar-refractivity contribution in [3.05, 3.63) is 53.7 Å². The minimum absolute atomic E-state index is 0.0163. The number of anilines is 1. The van der Waals surface area contributed by atoms with Crippen LogP contribution in [-0.2, 0) is 16.0 Å². The summed E-state index contributed by atoms with van der Waals surface area (Å²) in [5.41, 5.74) is -0.617. The van der Waals surface area contributed by atoms with Gasteiger partial charge in [0.1, 0.15) is 5.82 Å². The summed E-state index contributed by atoms with van der Waals surface area (Å²) < 4.78 is 62.2. The highest BCUT2D eigenvalue weighted by molar-refractivity contribution is 7.90. The van der Waals surface area contributed by atoms with Crippen LogP contribution in [-0.4, -0.2) is 56.6 Å². The Balaban J connectivity index is 1.45. The minimum atomic E-state index is -4.42. The molecule has 3 heterocycles. The molecule has 0 spiro atoms. The number of likely N-dealkylation sites (tertiary alicyclic amines) is 1. The van der Waals surface area contributed by atoms with Crippen LogP contribution in [0.15, 0.2) is 47.5 Å². The molecule has 4 rings (SSSR count). The van der Waals surface area contributed by atoms with Crippen LogP contribution in [0.4, 0.5) is 19.0 Å². The van der Waals surface area contributed by atoms with Gasteiger partial charge in [0.05, 0.1) is 16.0 Å². The molecule has 1 amide bonds. The molecular weight excluding hydrogens is 419 g/mol. The Bertz CT molecular complexity index is 1060. The summed E-state index contributed by atoms with van der Waals surface area (Å²) in [4.78, 5) is 20.5. The van der Waals surface area contributed by atoms with Gasteiger partial charge in [0, 0.05) is 50.5 Å². The number of amides is 1. The largest absolute Gasteiger partial charge is 0.417 e. The van der Waals surface area contributed by atoms with Gasteiger partial charge in [-0.2, -0.15) is 13.2 Å². The van der Waals surface area contributed by atoms with E-state index in [1.807, 2.05) is 4.90 Å².